The quantitative estimate of drug-likeness (QED) is 0.392. The van der Waals surface area contributed by atoms with Gasteiger partial charge in [0.05, 0.1) is 15.9 Å². The van der Waals surface area contributed by atoms with Crippen molar-refractivity contribution >= 4 is 43.8 Å². The average molecular weight is 472 g/mol. The molecule has 0 aliphatic rings. The number of carbonyl (C=O) groups is 1. The number of fused-ring (bicyclic) bond motifs is 2. The summed E-state index contributed by atoms with van der Waals surface area (Å²) in [6.45, 7) is 0.444. The molecule has 0 bridgehead atoms. The first-order valence-corrected chi connectivity index (χ1v) is 12.1. The molecule has 0 unspecified atom stereocenters. The van der Waals surface area contributed by atoms with E-state index in [2.05, 4.69) is 15.3 Å². The smallest absolute Gasteiger partial charge is 0.251 e. The molecule has 5 rings (SSSR count). The maximum Gasteiger partial charge on any atom is 0.251 e. The van der Waals surface area contributed by atoms with Crippen LogP contribution in [0.5, 0.6) is 0 Å². The molecule has 2 aromatic heterocycles. The molecule has 1 amide bonds. The van der Waals surface area contributed by atoms with Crippen molar-refractivity contribution in [1.29, 1.82) is 0 Å². The molecule has 0 aliphatic carbocycles. The van der Waals surface area contributed by atoms with E-state index in [9.17, 15) is 13.2 Å². The first kappa shape index (κ1) is 21.6. The molecule has 8 nitrogen and oxygen atoms in total. The van der Waals surface area contributed by atoms with Gasteiger partial charge in [-0.25, -0.2) is 18.4 Å². The zero-order valence-corrected chi connectivity index (χ0v) is 18.9. The van der Waals surface area contributed by atoms with Crippen molar-refractivity contribution < 1.29 is 13.2 Å². The van der Waals surface area contributed by atoms with Crippen LogP contribution < -0.4 is 11.1 Å². The van der Waals surface area contributed by atoms with E-state index >= 15 is 0 Å². The minimum absolute atomic E-state index is 0.0307. The van der Waals surface area contributed by atoms with Gasteiger partial charge in [0.1, 0.15) is 16.2 Å². The van der Waals surface area contributed by atoms with Crippen LogP contribution in [-0.2, 0) is 16.4 Å². The van der Waals surface area contributed by atoms with E-state index in [-0.39, 0.29) is 40.1 Å². The molecule has 3 aromatic carbocycles. The number of amides is 1. The van der Waals surface area contributed by atoms with Gasteiger partial charge in [-0.15, -0.1) is 0 Å². The summed E-state index contributed by atoms with van der Waals surface area (Å²) in [5, 5.41) is 2.84. The summed E-state index contributed by atoms with van der Waals surface area (Å²) in [6, 6.07) is 24.2. The molecular formula is C25H21N5O3S. The third-order valence-electron chi connectivity index (χ3n) is 5.53. The summed E-state index contributed by atoms with van der Waals surface area (Å²) in [5.74, 6) is -0.201. The predicted octanol–water partition coefficient (Wildman–Crippen LogP) is 3.43. The lowest BCUT2D eigenvalue weighted by Gasteiger charge is -2.10. The summed E-state index contributed by atoms with van der Waals surface area (Å²) >= 11 is 0. The molecule has 2 heterocycles. The third kappa shape index (κ3) is 3.75. The van der Waals surface area contributed by atoms with Gasteiger partial charge in [0.25, 0.3) is 5.91 Å². The van der Waals surface area contributed by atoms with Crippen LogP contribution in [0, 0.1) is 0 Å². The minimum atomic E-state index is -3.96. The Morgan fingerprint density at radius 1 is 0.853 bits per heavy atom. The molecular weight excluding hydrogens is 450 g/mol. The monoisotopic (exact) mass is 471 g/mol. The van der Waals surface area contributed by atoms with E-state index in [0.717, 1.165) is 0 Å². The van der Waals surface area contributed by atoms with Gasteiger partial charge in [0.2, 0.25) is 9.84 Å². The fraction of sp³-hybridized carbons (Fsp3) is 0.0800. The summed E-state index contributed by atoms with van der Waals surface area (Å²) in [4.78, 5) is 21.7. The van der Waals surface area contributed by atoms with E-state index in [0.29, 0.717) is 22.2 Å². The highest BCUT2D eigenvalue weighted by Gasteiger charge is 2.30. The van der Waals surface area contributed by atoms with Crippen molar-refractivity contribution in [2.45, 2.75) is 16.3 Å². The third-order valence-corrected chi connectivity index (χ3v) is 7.36. The van der Waals surface area contributed by atoms with Gasteiger partial charge in [-0.3, -0.25) is 4.79 Å². The number of hydrogen-bond donors (Lipinski definition) is 2. The second-order valence-electron chi connectivity index (χ2n) is 7.69. The highest BCUT2D eigenvalue weighted by atomic mass is 32.2. The van der Waals surface area contributed by atoms with E-state index in [1.165, 1.54) is 12.1 Å². The summed E-state index contributed by atoms with van der Waals surface area (Å²) in [5.41, 5.74) is 8.69. The second kappa shape index (κ2) is 8.60. The van der Waals surface area contributed by atoms with Crippen LogP contribution in [0.15, 0.2) is 94.7 Å². The number of benzene rings is 3. The van der Waals surface area contributed by atoms with Crippen LogP contribution in [0.25, 0.3) is 22.2 Å². The van der Waals surface area contributed by atoms with Crippen LogP contribution in [0.4, 0.5) is 5.82 Å². The molecule has 0 atom stereocenters. The Bertz CT molecular complexity index is 1610. The topological polar surface area (TPSA) is 120 Å². The van der Waals surface area contributed by atoms with E-state index in [1.807, 2.05) is 18.2 Å². The van der Waals surface area contributed by atoms with Gasteiger partial charge in [0, 0.05) is 18.7 Å². The van der Waals surface area contributed by atoms with E-state index < -0.39 is 9.84 Å². The van der Waals surface area contributed by atoms with Crippen LogP contribution in [-0.4, -0.2) is 35.4 Å². The zero-order chi connectivity index (χ0) is 23.7. The minimum Gasteiger partial charge on any atom is -0.384 e. The molecule has 34 heavy (non-hydrogen) atoms. The Morgan fingerprint density at radius 2 is 1.44 bits per heavy atom. The summed E-state index contributed by atoms with van der Waals surface area (Å²) in [6.07, 6.45) is 0. The van der Waals surface area contributed by atoms with Crippen LogP contribution in [0.1, 0.15) is 10.4 Å². The number of sulfone groups is 1. The molecule has 9 heteroatoms. The van der Waals surface area contributed by atoms with Crippen molar-refractivity contribution in [2.24, 2.45) is 0 Å². The van der Waals surface area contributed by atoms with Gasteiger partial charge in [-0.2, -0.15) is 0 Å². The van der Waals surface area contributed by atoms with Gasteiger partial charge in [-0.05, 0) is 36.4 Å². The number of nitrogens with one attached hydrogen (secondary N) is 1. The number of hydrogen-bond acceptors (Lipinski definition) is 6. The number of nitrogen functional groups attached to an aromatic ring is 1. The predicted molar refractivity (Wildman–Crippen MR) is 130 cm³/mol. The van der Waals surface area contributed by atoms with E-state index in [1.54, 1.807) is 59.2 Å². The van der Waals surface area contributed by atoms with Crippen molar-refractivity contribution in [3.63, 3.8) is 0 Å². The fourth-order valence-electron chi connectivity index (χ4n) is 3.87. The second-order valence-corrected chi connectivity index (χ2v) is 9.58. The van der Waals surface area contributed by atoms with Crippen molar-refractivity contribution in [3.8, 4) is 0 Å². The molecule has 0 fully saturated rings. The molecule has 0 spiro atoms. The maximum absolute atomic E-state index is 13.6. The first-order valence-electron chi connectivity index (χ1n) is 10.6. The maximum atomic E-state index is 13.6. The first-order chi connectivity index (χ1) is 16.5. The van der Waals surface area contributed by atoms with Crippen molar-refractivity contribution in [3.05, 3.63) is 90.5 Å². The number of nitrogens with two attached hydrogens (primary N) is 1. The van der Waals surface area contributed by atoms with Crippen LogP contribution >= 0.6 is 0 Å². The molecule has 0 saturated carbocycles. The average Bonchev–Trinajstić information content (AvgIpc) is 3.14. The number of anilines is 1. The lowest BCUT2D eigenvalue weighted by atomic mass is 10.2. The largest absolute Gasteiger partial charge is 0.384 e. The van der Waals surface area contributed by atoms with Gasteiger partial charge >= 0.3 is 0 Å². The zero-order valence-electron chi connectivity index (χ0n) is 18.0. The lowest BCUT2D eigenvalue weighted by molar-refractivity contribution is 0.0952. The summed E-state index contributed by atoms with van der Waals surface area (Å²) < 4.78 is 28.7. The highest BCUT2D eigenvalue weighted by Crippen LogP contribution is 2.35. The standard InChI is InChI=1S/C25H21N5O3S/c26-23-22(34(32,33)18-11-5-2-6-12-18)21-24(29-20-14-8-7-13-19(20)28-21)30(23)16-15-27-25(31)17-9-3-1-4-10-17/h1-14H,15-16,26H2,(H,27,31). The van der Waals surface area contributed by atoms with Gasteiger partial charge in [0.15, 0.2) is 5.65 Å². The molecule has 0 aliphatic heterocycles. The Morgan fingerprint density at radius 3 is 2.12 bits per heavy atom. The summed E-state index contributed by atoms with van der Waals surface area (Å²) in [7, 11) is -3.96. The number of para-hydroxylation sites is 2. The van der Waals surface area contributed by atoms with Crippen LogP contribution in [0.2, 0.25) is 0 Å². The normalized spacial score (nSPS) is 11.6. The number of aromatic nitrogens is 3. The highest BCUT2D eigenvalue weighted by molar-refractivity contribution is 7.92. The number of rotatable bonds is 6. The molecule has 3 N–H and O–H groups in total. The molecule has 5 aromatic rings. The van der Waals surface area contributed by atoms with Crippen LogP contribution in [0.3, 0.4) is 0 Å². The van der Waals surface area contributed by atoms with Crippen molar-refractivity contribution in [1.82, 2.24) is 19.9 Å². The fourth-order valence-corrected chi connectivity index (χ4v) is 5.40. The Balaban J connectivity index is 1.59. The van der Waals surface area contributed by atoms with E-state index in [4.69, 9.17) is 5.73 Å². The van der Waals surface area contributed by atoms with Gasteiger partial charge in [-0.1, -0.05) is 48.5 Å². The molecule has 0 radical (unpaired) electrons. The Kier molecular flexibility index (Phi) is 5.46. The van der Waals surface area contributed by atoms with Gasteiger partial charge < -0.3 is 15.6 Å². The number of nitrogens with zero attached hydrogens (tertiary/aromatic N) is 3. The Hall–Kier alpha value is -4.24. The number of carbonyl (C=O) groups excluding carboxylic acids is 1. The SMILES string of the molecule is Nc1c(S(=O)(=O)c2ccccc2)c2nc3ccccc3nc2n1CCNC(=O)c1ccccc1. The lowest BCUT2D eigenvalue weighted by Crippen LogP contribution is -2.27. The Labute approximate surface area is 196 Å². The van der Waals surface area contributed by atoms with Crippen molar-refractivity contribution in [2.75, 3.05) is 12.3 Å². The molecule has 0 saturated heterocycles. The molecule has 170 valence electrons.